The second-order valence-electron chi connectivity index (χ2n) is 6.92. The molecule has 1 N–H and O–H groups in total. The van der Waals surface area contributed by atoms with Crippen LogP contribution in [0.1, 0.15) is 13.8 Å². The third-order valence-electron chi connectivity index (χ3n) is 4.67. The SMILES string of the molecule is CCOc1ccc(-n2c(SC(C)C(=O)Nc3ccccc3)nnc2-c2ccncc2)cc1. The zero-order valence-electron chi connectivity index (χ0n) is 17.8. The van der Waals surface area contributed by atoms with E-state index in [4.69, 9.17) is 4.74 Å². The maximum absolute atomic E-state index is 12.7. The van der Waals surface area contributed by atoms with E-state index in [0.29, 0.717) is 17.6 Å². The number of carbonyl (C=O) groups is 1. The van der Waals surface area contributed by atoms with Gasteiger partial charge < -0.3 is 10.1 Å². The maximum atomic E-state index is 12.7. The number of nitrogens with zero attached hydrogens (tertiary/aromatic N) is 4. The number of nitrogens with one attached hydrogen (secondary N) is 1. The van der Waals surface area contributed by atoms with Crippen LogP contribution in [0.3, 0.4) is 0 Å². The Bertz CT molecular complexity index is 1160. The molecule has 2 aromatic carbocycles. The van der Waals surface area contributed by atoms with E-state index in [-0.39, 0.29) is 11.2 Å². The Labute approximate surface area is 190 Å². The molecule has 0 radical (unpaired) electrons. The number of rotatable bonds is 8. The molecule has 7 nitrogen and oxygen atoms in total. The first-order valence-corrected chi connectivity index (χ1v) is 11.2. The van der Waals surface area contributed by atoms with Gasteiger partial charge in [0.15, 0.2) is 11.0 Å². The Morgan fingerprint density at radius 1 is 1.03 bits per heavy atom. The number of aromatic nitrogens is 4. The van der Waals surface area contributed by atoms with Crippen molar-refractivity contribution in [2.75, 3.05) is 11.9 Å². The monoisotopic (exact) mass is 445 g/mol. The lowest BCUT2D eigenvalue weighted by Gasteiger charge is -2.14. The Balaban J connectivity index is 1.64. The molecule has 2 aromatic heterocycles. The van der Waals surface area contributed by atoms with E-state index >= 15 is 0 Å². The van der Waals surface area contributed by atoms with Gasteiger partial charge in [-0.1, -0.05) is 30.0 Å². The molecule has 0 spiro atoms. The van der Waals surface area contributed by atoms with E-state index in [2.05, 4.69) is 20.5 Å². The number of thioether (sulfide) groups is 1. The highest BCUT2D eigenvalue weighted by Crippen LogP contribution is 2.31. The highest BCUT2D eigenvalue weighted by molar-refractivity contribution is 8.00. The normalized spacial score (nSPS) is 11.7. The van der Waals surface area contributed by atoms with E-state index < -0.39 is 0 Å². The highest BCUT2D eigenvalue weighted by Gasteiger charge is 2.22. The summed E-state index contributed by atoms with van der Waals surface area (Å²) in [6.07, 6.45) is 3.44. The minimum absolute atomic E-state index is 0.104. The average Bonchev–Trinajstić information content (AvgIpc) is 3.24. The van der Waals surface area contributed by atoms with E-state index in [1.165, 1.54) is 11.8 Å². The summed E-state index contributed by atoms with van der Waals surface area (Å²) in [5.74, 6) is 1.36. The second-order valence-corrected chi connectivity index (χ2v) is 8.23. The van der Waals surface area contributed by atoms with Crippen LogP contribution < -0.4 is 10.1 Å². The van der Waals surface area contributed by atoms with Crippen molar-refractivity contribution in [1.82, 2.24) is 19.7 Å². The van der Waals surface area contributed by atoms with Crippen LogP contribution in [0.15, 0.2) is 84.3 Å². The van der Waals surface area contributed by atoms with Crippen molar-refractivity contribution in [1.29, 1.82) is 0 Å². The number of para-hydroxylation sites is 1. The zero-order chi connectivity index (χ0) is 22.3. The lowest BCUT2D eigenvalue weighted by Crippen LogP contribution is -2.22. The van der Waals surface area contributed by atoms with Crippen molar-refractivity contribution in [3.63, 3.8) is 0 Å². The number of hydrogen-bond donors (Lipinski definition) is 1. The minimum Gasteiger partial charge on any atom is -0.494 e. The molecule has 1 unspecified atom stereocenters. The van der Waals surface area contributed by atoms with Crippen LogP contribution in [0.2, 0.25) is 0 Å². The number of ether oxygens (including phenoxy) is 1. The first-order valence-electron chi connectivity index (χ1n) is 10.3. The van der Waals surface area contributed by atoms with Crippen molar-refractivity contribution in [2.24, 2.45) is 0 Å². The number of anilines is 1. The predicted molar refractivity (Wildman–Crippen MR) is 126 cm³/mol. The molecule has 8 heteroatoms. The molecule has 0 aliphatic carbocycles. The predicted octanol–water partition coefficient (Wildman–Crippen LogP) is 4.85. The van der Waals surface area contributed by atoms with Crippen LogP contribution in [-0.2, 0) is 4.79 Å². The standard InChI is InChI=1S/C24H23N5O2S/c1-3-31-21-11-9-20(10-12-21)29-22(18-13-15-25-16-14-18)27-28-24(29)32-17(2)23(30)26-19-7-5-4-6-8-19/h4-17H,3H2,1-2H3,(H,26,30). The molecule has 1 atom stereocenters. The summed E-state index contributed by atoms with van der Waals surface area (Å²) < 4.78 is 7.52. The summed E-state index contributed by atoms with van der Waals surface area (Å²) in [6.45, 7) is 4.40. The molecule has 0 fully saturated rings. The molecule has 32 heavy (non-hydrogen) atoms. The van der Waals surface area contributed by atoms with Crippen LogP contribution in [0.25, 0.3) is 17.1 Å². The van der Waals surface area contributed by atoms with Gasteiger partial charge in [-0.3, -0.25) is 14.3 Å². The fourth-order valence-corrected chi connectivity index (χ4v) is 3.97. The summed E-state index contributed by atoms with van der Waals surface area (Å²) in [5, 5.41) is 12.0. The Kier molecular flexibility index (Phi) is 6.81. The summed E-state index contributed by atoms with van der Waals surface area (Å²) in [6, 6.07) is 20.9. The van der Waals surface area contributed by atoms with Gasteiger partial charge in [-0.2, -0.15) is 0 Å². The molecule has 4 aromatic rings. The molecular weight excluding hydrogens is 422 g/mol. The Morgan fingerprint density at radius 2 is 1.75 bits per heavy atom. The fraction of sp³-hybridized carbons (Fsp3) is 0.167. The fourth-order valence-electron chi connectivity index (χ4n) is 3.10. The number of hydrogen-bond acceptors (Lipinski definition) is 6. The van der Waals surface area contributed by atoms with Gasteiger partial charge in [-0.25, -0.2) is 0 Å². The number of carbonyl (C=O) groups excluding carboxylic acids is 1. The van der Waals surface area contributed by atoms with Gasteiger partial charge in [0, 0.05) is 29.3 Å². The number of benzene rings is 2. The van der Waals surface area contributed by atoms with Crippen LogP contribution in [-0.4, -0.2) is 37.5 Å². The average molecular weight is 446 g/mol. The third-order valence-corrected chi connectivity index (χ3v) is 5.71. The van der Waals surface area contributed by atoms with Crippen LogP contribution >= 0.6 is 11.8 Å². The van der Waals surface area contributed by atoms with Gasteiger partial charge in [-0.05, 0) is 62.4 Å². The van der Waals surface area contributed by atoms with Crippen molar-refractivity contribution in [3.05, 3.63) is 79.1 Å². The highest BCUT2D eigenvalue weighted by atomic mass is 32.2. The van der Waals surface area contributed by atoms with Gasteiger partial charge in [-0.15, -0.1) is 10.2 Å². The summed E-state index contributed by atoms with van der Waals surface area (Å²) in [5.41, 5.74) is 2.52. The van der Waals surface area contributed by atoms with Crippen LogP contribution in [0.5, 0.6) is 5.75 Å². The lowest BCUT2D eigenvalue weighted by atomic mass is 10.2. The van der Waals surface area contributed by atoms with Crippen molar-refractivity contribution in [3.8, 4) is 22.8 Å². The lowest BCUT2D eigenvalue weighted by molar-refractivity contribution is -0.115. The molecule has 162 valence electrons. The molecule has 0 aliphatic heterocycles. The molecule has 0 bridgehead atoms. The van der Waals surface area contributed by atoms with Crippen molar-refractivity contribution < 1.29 is 9.53 Å². The van der Waals surface area contributed by atoms with Crippen molar-refractivity contribution in [2.45, 2.75) is 24.3 Å². The molecule has 0 saturated carbocycles. The maximum Gasteiger partial charge on any atom is 0.237 e. The third kappa shape index (κ3) is 4.97. The Hall–Kier alpha value is -3.65. The molecule has 0 aliphatic rings. The number of pyridine rings is 1. The van der Waals surface area contributed by atoms with E-state index in [9.17, 15) is 4.79 Å². The van der Waals surface area contributed by atoms with Gasteiger partial charge in [0.05, 0.1) is 11.9 Å². The van der Waals surface area contributed by atoms with Crippen molar-refractivity contribution >= 4 is 23.4 Å². The zero-order valence-corrected chi connectivity index (χ0v) is 18.6. The molecular formula is C24H23N5O2S. The summed E-state index contributed by atoms with van der Waals surface area (Å²) in [4.78, 5) is 16.8. The molecule has 2 heterocycles. The van der Waals surface area contributed by atoms with E-state index in [1.807, 2.05) is 85.1 Å². The molecule has 0 saturated heterocycles. The van der Waals surface area contributed by atoms with Gasteiger partial charge in [0.25, 0.3) is 0 Å². The van der Waals surface area contributed by atoms with Crippen LogP contribution in [0, 0.1) is 0 Å². The van der Waals surface area contributed by atoms with Gasteiger partial charge >= 0.3 is 0 Å². The smallest absolute Gasteiger partial charge is 0.237 e. The number of amides is 1. The first kappa shape index (κ1) is 21.6. The Morgan fingerprint density at radius 3 is 2.44 bits per heavy atom. The van der Waals surface area contributed by atoms with Crippen LogP contribution in [0.4, 0.5) is 5.69 Å². The molecule has 4 rings (SSSR count). The van der Waals surface area contributed by atoms with E-state index in [1.54, 1.807) is 12.4 Å². The topological polar surface area (TPSA) is 81.9 Å². The quantitative estimate of drug-likeness (QED) is 0.391. The summed E-state index contributed by atoms with van der Waals surface area (Å²) in [7, 11) is 0. The second kappa shape index (κ2) is 10.1. The first-order chi connectivity index (χ1) is 15.7. The van der Waals surface area contributed by atoms with Gasteiger partial charge in [0.2, 0.25) is 5.91 Å². The van der Waals surface area contributed by atoms with Gasteiger partial charge in [0.1, 0.15) is 5.75 Å². The van der Waals surface area contributed by atoms with E-state index in [0.717, 1.165) is 22.7 Å². The minimum atomic E-state index is -0.383. The summed E-state index contributed by atoms with van der Waals surface area (Å²) >= 11 is 1.35. The largest absolute Gasteiger partial charge is 0.494 e. The molecule has 1 amide bonds.